The fourth-order valence-corrected chi connectivity index (χ4v) is 8.82. The number of fused-ring (bicyclic) bond motifs is 4. The average Bonchev–Trinajstić information content (AvgIpc) is 3.81. The maximum absolute atomic E-state index is 5.04. The topological polar surface area (TPSA) is 27.5 Å². The standard InChI is InChI=1S/C58H60N5.Pt/c1-55(2,3)40-25-28-50-49(34-40)48-27-26-45(37-53(48)63(50)54-35-41(29-30-59-54)58(10,11)39-19-14-13-15-20-39)60(12)44-21-18-22-46(36-44)61-38-62(52-24-17-16-23-51(52)61)47-32-42(56(4,5)6)31-43(33-47)57(7,8)9;/h13-35,38H,1-12H3;/q-3;. The molecule has 1 aliphatic heterocycles. The molecule has 0 atom stereocenters. The van der Waals surface area contributed by atoms with Gasteiger partial charge in [-0.05, 0) is 91.9 Å². The van der Waals surface area contributed by atoms with Crippen molar-refractivity contribution in [2.75, 3.05) is 21.7 Å². The van der Waals surface area contributed by atoms with Gasteiger partial charge in [0.15, 0.2) is 0 Å². The Balaban J connectivity index is 0.00000560. The van der Waals surface area contributed by atoms with Gasteiger partial charge in [0.25, 0.3) is 0 Å². The zero-order valence-electron chi connectivity index (χ0n) is 39.4. The number of pyridine rings is 1. The molecule has 0 aliphatic carbocycles. The van der Waals surface area contributed by atoms with Crippen LogP contribution in [0.5, 0.6) is 0 Å². The average molecular weight is 1020 g/mol. The van der Waals surface area contributed by atoms with Crippen LogP contribution in [0.1, 0.15) is 104 Å². The maximum Gasteiger partial charge on any atom is 0.135 e. The summed E-state index contributed by atoms with van der Waals surface area (Å²) in [5.74, 6) is 0.875. The molecule has 0 amide bonds. The molecule has 0 saturated carbocycles. The van der Waals surface area contributed by atoms with Crippen LogP contribution >= 0.6 is 0 Å². The van der Waals surface area contributed by atoms with Gasteiger partial charge in [-0.2, -0.15) is 12.1 Å². The largest absolute Gasteiger partial charge is 0.493 e. The Bertz CT molecular complexity index is 2960. The minimum atomic E-state index is -0.219. The molecule has 1 aliphatic rings. The summed E-state index contributed by atoms with van der Waals surface area (Å²) in [6.07, 6.45) is 1.95. The number of hydrogen-bond acceptors (Lipinski definition) is 4. The summed E-state index contributed by atoms with van der Waals surface area (Å²) in [5.41, 5.74) is 14.6. The van der Waals surface area contributed by atoms with Gasteiger partial charge in [-0.1, -0.05) is 154 Å². The fraction of sp³-hybridized carbons (Fsp3) is 0.276. The summed E-state index contributed by atoms with van der Waals surface area (Å²) in [5, 5.41) is 2.34. The van der Waals surface area contributed by atoms with Crippen molar-refractivity contribution in [3.63, 3.8) is 0 Å². The van der Waals surface area contributed by atoms with E-state index in [4.69, 9.17) is 4.98 Å². The third-order valence-corrected chi connectivity index (χ3v) is 13.0. The van der Waals surface area contributed by atoms with Crippen LogP contribution in [0.3, 0.4) is 0 Å². The molecule has 5 nitrogen and oxygen atoms in total. The predicted molar refractivity (Wildman–Crippen MR) is 267 cm³/mol. The van der Waals surface area contributed by atoms with Crippen molar-refractivity contribution in [3.05, 3.63) is 186 Å². The summed E-state index contributed by atoms with van der Waals surface area (Å²) < 4.78 is 2.30. The Labute approximate surface area is 396 Å². The summed E-state index contributed by atoms with van der Waals surface area (Å²) in [4.78, 5) is 11.8. The molecule has 6 heteroatoms. The molecule has 6 aromatic carbocycles. The first-order chi connectivity index (χ1) is 29.8. The maximum atomic E-state index is 5.04. The minimum absolute atomic E-state index is 0. The van der Waals surface area contributed by atoms with Crippen molar-refractivity contribution in [2.24, 2.45) is 0 Å². The molecule has 3 heterocycles. The SMILES string of the molecule is CN(c1[c-]c(N2[CH-]N(c3cc(C(C)(C)C)cc(C(C)(C)C)c3)c3ccccc32)ccc1)c1[c-]c2c(cc1)c1cc(C(C)(C)C)ccc1n2-c1cc(C(C)(C)c2ccccc2)ccn1.[Pt]. The molecule has 2 aromatic heterocycles. The molecule has 330 valence electrons. The Morgan fingerprint density at radius 3 is 1.80 bits per heavy atom. The Hall–Kier alpha value is -5.64. The number of rotatable bonds is 7. The van der Waals surface area contributed by atoms with Crippen LogP contribution in [-0.4, -0.2) is 16.6 Å². The van der Waals surface area contributed by atoms with E-state index >= 15 is 0 Å². The van der Waals surface area contributed by atoms with Crippen molar-refractivity contribution in [2.45, 2.75) is 97.8 Å². The number of aromatic nitrogens is 2. The van der Waals surface area contributed by atoms with E-state index in [1.54, 1.807) is 0 Å². The molecule has 0 N–H and O–H groups in total. The van der Waals surface area contributed by atoms with Crippen LogP contribution < -0.4 is 14.7 Å². The first kappa shape index (κ1) is 44.9. The van der Waals surface area contributed by atoms with E-state index in [2.05, 4.69) is 255 Å². The molecule has 0 unspecified atom stereocenters. The van der Waals surface area contributed by atoms with Crippen molar-refractivity contribution in [1.29, 1.82) is 0 Å². The molecule has 9 rings (SSSR count). The van der Waals surface area contributed by atoms with E-state index < -0.39 is 0 Å². The van der Waals surface area contributed by atoms with Gasteiger partial charge in [-0.15, -0.1) is 48.1 Å². The van der Waals surface area contributed by atoms with Gasteiger partial charge in [-0.3, -0.25) is 0 Å². The second-order valence-electron chi connectivity index (χ2n) is 20.9. The van der Waals surface area contributed by atoms with Crippen LogP contribution in [0.4, 0.5) is 34.1 Å². The van der Waals surface area contributed by atoms with E-state index in [0.717, 1.165) is 56.4 Å². The van der Waals surface area contributed by atoms with Crippen LogP contribution in [0, 0.1) is 18.8 Å². The summed E-state index contributed by atoms with van der Waals surface area (Å²) in [6.45, 7) is 27.4. The first-order valence-corrected chi connectivity index (χ1v) is 22.3. The Kier molecular flexibility index (Phi) is 11.5. The van der Waals surface area contributed by atoms with E-state index in [-0.39, 0.29) is 42.7 Å². The smallest absolute Gasteiger partial charge is 0.135 e. The van der Waals surface area contributed by atoms with E-state index in [9.17, 15) is 0 Å². The molecule has 64 heavy (non-hydrogen) atoms. The summed E-state index contributed by atoms with van der Waals surface area (Å²) in [7, 11) is 2.11. The fourth-order valence-electron chi connectivity index (χ4n) is 8.82. The van der Waals surface area contributed by atoms with Crippen LogP contribution in [0.15, 0.2) is 140 Å². The second kappa shape index (κ2) is 16.4. The molecular weight excluding hydrogens is 962 g/mol. The number of para-hydroxylation sites is 2. The van der Waals surface area contributed by atoms with Gasteiger partial charge >= 0.3 is 0 Å². The van der Waals surface area contributed by atoms with Crippen molar-refractivity contribution < 1.29 is 21.1 Å². The monoisotopic (exact) mass is 1020 g/mol. The zero-order valence-corrected chi connectivity index (χ0v) is 41.7. The van der Waals surface area contributed by atoms with Gasteiger partial charge in [0.2, 0.25) is 0 Å². The molecule has 8 aromatic rings. The van der Waals surface area contributed by atoms with Gasteiger partial charge in [-0.25, -0.2) is 4.98 Å². The molecular formula is C58H60N5Pt-3. The Morgan fingerprint density at radius 2 is 1.14 bits per heavy atom. The van der Waals surface area contributed by atoms with Gasteiger partial charge in [0.1, 0.15) is 5.82 Å². The first-order valence-electron chi connectivity index (χ1n) is 22.3. The zero-order chi connectivity index (χ0) is 44.6. The number of anilines is 6. The van der Waals surface area contributed by atoms with E-state index in [1.165, 1.54) is 33.2 Å². The predicted octanol–water partition coefficient (Wildman–Crippen LogP) is 15.2. The number of benzene rings is 6. The van der Waals surface area contributed by atoms with Gasteiger partial charge < -0.3 is 19.3 Å². The molecule has 0 radical (unpaired) electrons. The van der Waals surface area contributed by atoms with E-state index in [1.807, 2.05) is 6.20 Å². The van der Waals surface area contributed by atoms with E-state index in [0.29, 0.717) is 0 Å². The molecule has 0 bridgehead atoms. The molecule has 0 saturated heterocycles. The normalized spacial score (nSPS) is 13.4. The third-order valence-electron chi connectivity index (χ3n) is 13.0. The van der Waals surface area contributed by atoms with Crippen LogP contribution in [0.25, 0.3) is 27.6 Å². The number of nitrogens with zero attached hydrogens (tertiary/aromatic N) is 5. The Morgan fingerprint density at radius 1 is 0.516 bits per heavy atom. The third kappa shape index (κ3) is 8.17. The van der Waals surface area contributed by atoms with Crippen molar-refractivity contribution in [3.8, 4) is 5.82 Å². The quantitative estimate of drug-likeness (QED) is 0.149. The van der Waals surface area contributed by atoms with Crippen LogP contribution in [0.2, 0.25) is 0 Å². The van der Waals surface area contributed by atoms with Crippen molar-refractivity contribution in [1.82, 2.24) is 9.55 Å². The van der Waals surface area contributed by atoms with Crippen molar-refractivity contribution >= 4 is 55.9 Å². The summed E-state index contributed by atoms with van der Waals surface area (Å²) >= 11 is 0. The second-order valence-corrected chi connectivity index (χ2v) is 20.9. The number of hydrogen-bond donors (Lipinski definition) is 0. The van der Waals surface area contributed by atoms with Gasteiger partial charge in [0.05, 0.1) is 0 Å². The summed E-state index contributed by atoms with van der Waals surface area (Å²) in [6, 6.07) is 56.3. The molecule has 0 spiro atoms. The van der Waals surface area contributed by atoms with Crippen LogP contribution in [-0.2, 0) is 42.7 Å². The minimum Gasteiger partial charge on any atom is -0.493 e. The molecule has 0 fully saturated rings. The van der Waals surface area contributed by atoms with Gasteiger partial charge in [0, 0.05) is 62.3 Å².